The molecule has 1 aromatic carbocycles. The Balaban J connectivity index is 2.53. The van der Waals surface area contributed by atoms with Gasteiger partial charge in [-0.25, -0.2) is 0 Å². The van der Waals surface area contributed by atoms with E-state index >= 15 is 0 Å². The molecule has 0 saturated heterocycles. The Bertz CT molecular complexity index is 625. The molecule has 2 aromatic rings. The van der Waals surface area contributed by atoms with Crippen LogP contribution in [0.1, 0.15) is 12.5 Å². The van der Waals surface area contributed by atoms with E-state index in [0.29, 0.717) is 16.5 Å². The first-order chi connectivity index (χ1) is 8.58. The number of nitro groups is 1. The number of hydrogen-bond donors (Lipinski definition) is 0. The van der Waals surface area contributed by atoms with Crippen molar-refractivity contribution in [3.05, 3.63) is 46.1 Å². The SMILES string of the molecule is CC(=O)OCc1cc([N+](=O)[O-])cc2cccnc12. The molecule has 92 valence electrons. The molecule has 6 heteroatoms. The molecular weight excluding hydrogens is 236 g/mol. The van der Waals surface area contributed by atoms with Crippen molar-refractivity contribution in [2.45, 2.75) is 13.5 Å². The van der Waals surface area contributed by atoms with Crippen molar-refractivity contribution in [2.75, 3.05) is 0 Å². The summed E-state index contributed by atoms with van der Waals surface area (Å²) in [6.45, 7) is 1.26. The highest BCUT2D eigenvalue weighted by Gasteiger charge is 2.12. The third-order valence-electron chi connectivity index (χ3n) is 2.41. The molecule has 0 spiro atoms. The number of carbonyl (C=O) groups excluding carboxylic acids is 1. The second-order valence-electron chi connectivity index (χ2n) is 3.72. The largest absolute Gasteiger partial charge is 0.461 e. The van der Waals surface area contributed by atoms with Crippen LogP contribution >= 0.6 is 0 Å². The van der Waals surface area contributed by atoms with E-state index in [9.17, 15) is 14.9 Å². The summed E-state index contributed by atoms with van der Waals surface area (Å²) in [6, 6.07) is 6.24. The fraction of sp³-hybridized carbons (Fsp3) is 0.167. The number of hydrogen-bond acceptors (Lipinski definition) is 5. The molecule has 1 aromatic heterocycles. The molecule has 0 fully saturated rings. The summed E-state index contributed by atoms with van der Waals surface area (Å²) in [4.78, 5) is 25.3. The zero-order valence-corrected chi connectivity index (χ0v) is 9.62. The lowest BCUT2D eigenvalue weighted by atomic mass is 10.1. The molecule has 0 atom stereocenters. The quantitative estimate of drug-likeness (QED) is 0.471. The van der Waals surface area contributed by atoms with Crippen LogP contribution in [0.25, 0.3) is 10.9 Å². The first-order valence-electron chi connectivity index (χ1n) is 5.23. The zero-order valence-electron chi connectivity index (χ0n) is 9.62. The molecule has 0 aliphatic heterocycles. The predicted molar refractivity (Wildman–Crippen MR) is 63.9 cm³/mol. The van der Waals surface area contributed by atoms with Gasteiger partial charge in [-0.2, -0.15) is 0 Å². The number of ether oxygens (including phenoxy) is 1. The van der Waals surface area contributed by atoms with Crippen LogP contribution in [0.5, 0.6) is 0 Å². The molecule has 6 nitrogen and oxygen atoms in total. The van der Waals surface area contributed by atoms with Crippen LogP contribution in [-0.2, 0) is 16.1 Å². The molecule has 0 saturated carbocycles. The van der Waals surface area contributed by atoms with E-state index in [1.165, 1.54) is 19.1 Å². The number of non-ortho nitro benzene ring substituents is 1. The molecule has 0 N–H and O–H groups in total. The van der Waals surface area contributed by atoms with Crippen molar-refractivity contribution < 1.29 is 14.5 Å². The third kappa shape index (κ3) is 2.42. The van der Waals surface area contributed by atoms with Gasteiger partial charge in [-0.1, -0.05) is 6.07 Å². The van der Waals surface area contributed by atoms with E-state index in [1.54, 1.807) is 18.3 Å². The van der Waals surface area contributed by atoms with E-state index in [1.807, 2.05) is 0 Å². The predicted octanol–water partition coefficient (Wildman–Crippen LogP) is 2.21. The lowest BCUT2D eigenvalue weighted by Crippen LogP contribution is -2.01. The van der Waals surface area contributed by atoms with Gasteiger partial charge in [0.25, 0.3) is 5.69 Å². The van der Waals surface area contributed by atoms with Gasteiger partial charge >= 0.3 is 5.97 Å². The standard InChI is InChI=1S/C12H10N2O4/c1-8(15)18-7-10-6-11(14(16)17)5-9-3-2-4-13-12(9)10/h2-6H,7H2,1H3. The average Bonchev–Trinajstić information content (AvgIpc) is 2.35. The van der Waals surface area contributed by atoms with Gasteiger partial charge in [0.1, 0.15) is 6.61 Å². The molecule has 0 amide bonds. The minimum Gasteiger partial charge on any atom is -0.461 e. The number of nitro benzene ring substituents is 1. The van der Waals surface area contributed by atoms with Gasteiger partial charge in [0.2, 0.25) is 0 Å². The van der Waals surface area contributed by atoms with Gasteiger partial charge in [0.05, 0.1) is 10.4 Å². The van der Waals surface area contributed by atoms with Gasteiger partial charge in [0, 0.05) is 36.2 Å². The Kier molecular flexibility index (Phi) is 3.18. The van der Waals surface area contributed by atoms with Crippen LogP contribution in [-0.4, -0.2) is 15.9 Å². The van der Waals surface area contributed by atoms with E-state index in [-0.39, 0.29) is 12.3 Å². The van der Waals surface area contributed by atoms with Gasteiger partial charge in [0.15, 0.2) is 0 Å². The summed E-state index contributed by atoms with van der Waals surface area (Å²) in [7, 11) is 0. The summed E-state index contributed by atoms with van der Waals surface area (Å²) < 4.78 is 4.87. The first kappa shape index (κ1) is 12.0. The minimum absolute atomic E-state index is 0.0233. The highest BCUT2D eigenvalue weighted by Crippen LogP contribution is 2.24. The normalized spacial score (nSPS) is 10.3. The number of aromatic nitrogens is 1. The molecule has 0 unspecified atom stereocenters. The summed E-state index contributed by atoms with van der Waals surface area (Å²) >= 11 is 0. The lowest BCUT2D eigenvalue weighted by Gasteiger charge is -2.06. The van der Waals surface area contributed by atoms with Crippen LogP contribution < -0.4 is 0 Å². The number of fused-ring (bicyclic) bond motifs is 1. The number of benzene rings is 1. The number of pyridine rings is 1. The summed E-state index contributed by atoms with van der Waals surface area (Å²) in [5.74, 6) is -0.439. The van der Waals surface area contributed by atoms with E-state index in [4.69, 9.17) is 4.74 Å². The van der Waals surface area contributed by atoms with Crippen LogP contribution in [0.15, 0.2) is 30.5 Å². The lowest BCUT2D eigenvalue weighted by molar-refractivity contribution is -0.384. The molecule has 18 heavy (non-hydrogen) atoms. The van der Waals surface area contributed by atoms with Crippen molar-refractivity contribution in [3.63, 3.8) is 0 Å². The minimum atomic E-state index is -0.482. The Morgan fingerprint density at radius 3 is 2.94 bits per heavy atom. The number of esters is 1. The zero-order chi connectivity index (χ0) is 13.1. The maximum absolute atomic E-state index is 10.8. The van der Waals surface area contributed by atoms with Crippen LogP contribution in [0.4, 0.5) is 5.69 Å². The first-order valence-corrected chi connectivity index (χ1v) is 5.23. The summed E-state index contributed by atoms with van der Waals surface area (Å²) in [5.41, 5.74) is 1.08. The fourth-order valence-corrected chi connectivity index (χ4v) is 1.65. The van der Waals surface area contributed by atoms with E-state index in [2.05, 4.69) is 4.98 Å². The smallest absolute Gasteiger partial charge is 0.302 e. The Hall–Kier alpha value is -2.50. The van der Waals surface area contributed by atoms with Crippen molar-refractivity contribution in [1.82, 2.24) is 4.98 Å². The molecule has 0 aliphatic rings. The Morgan fingerprint density at radius 1 is 1.50 bits per heavy atom. The van der Waals surface area contributed by atoms with Crippen LogP contribution in [0.3, 0.4) is 0 Å². The Labute approximate surface area is 102 Å². The van der Waals surface area contributed by atoms with Crippen molar-refractivity contribution in [1.29, 1.82) is 0 Å². The molecule has 0 radical (unpaired) electrons. The van der Waals surface area contributed by atoms with Crippen LogP contribution in [0.2, 0.25) is 0 Å². The summed E-state index contributed by atoms with van der Waals surface area (Å²) in [6.07, 6.45) is 1.59. The van der Waals surface area contributed by atoms with Crippen molar-refractivity contribution >= 4 is 22.6 Å². The van der Waals surface area contributed by atoms with Gasteiger partial charge in [-0.05, 0) is 6.07 Å². The van der Waals surface area contributed by atoms with Crippen LogP contribution in [0, 0.1) is 10.1 Å². The molecule has 0 bridgehead atoms. The maximum atomic E-state index is 10.8. The number of carbonyl (C=O) groups is 1. The second kappa shape index (κ2) is 4.79. The fourth-order valence-electron chi connectivity index (χ4n) is 1.65. The molecule has 2 rings (SSSR count). The van der Waals surface area contributed by atoms with E-state index < -0.39 is 10.9 Å². The third-order valence-corrected chi connectivity index (χ3v) is 2.41. The number of nitrogens with zero attached hydrogens (tertiary/aromatic N) is 2. The monoisotopic (exact) mass is 246 g/mol. The molecule has 0 aliphatic carbocycles. The maximum Gasteiger partial charge on any atom is 0.302 e. The van der Waals surface area contributed by atoms with Crippen molar-refractivity contribution in [3.8, 4) is 0 Å². The molecular formula is C12H10N2O4. The Morgan fingerprint density at radius 2 is 2.28 bits per heavy atom. The van der Waals surface area contributed by atoms with Crippen molar-refractivity contribution in [2.24, 2.45) is 0 Å². The second-order valence-corrected chi connectivity index (χ2v) is 3.72. The van der Waals surface area contributed by atoms with Gasteiger partial charge in [-0.15, -0.1) is 0 Å². The van der Waals surface area contributed by atoms with Gasteiger partial charge < -0.3 is 4.74 Å². The topological polar surface area (TPSA) is 82.3 Å². The molecule has 1 heterocycles. The van der Waals surface area contributed by atoms with Gasteiger partial charge in [-0.3, -0.25) is 19.9 Å². The summed E-state index contributed by atoms with van der Waals surface area (Å²) in [5, 5.41) is 11.5. The van der Waals surface area contributed by atoms with E-state index in [0.717, 1.165) is 0 Å². The average molecular weight is 246 g/mol. The number of rotatable bonds is 3. The highest BCUT2D eigenvalue weighted by molar-refractivity contribution is 5.84. The highest BCUT2D eigenvalue weighted by atomic mass is 16.6.